The molecule has 0 radical (unpaired) electrons. The number of nitrogens with zero attached hydrogens (tertiary/aromatic N) is 6. The largest absolute Gasteiger partial charge is 0.494 e. The maximum absolute atomic E-state index is 6.58. The lowest BCUT2D eigenvalue weighted by molar-refractivity contribution is -0.0346. The lowest BCUT2D eigenvalue weighted by Gasteiger charge is -2.25. The van der Waals surface area contributed by atoms with Crippen LogP contribution in [0.25, 0.3) is 22.6 Å². The van der Waals surface area contributed by atoms with E-state index in [1.54, 1.807) is 24.2 Å². The molecule has 1 unspecified atom stereocenters. The molecule has 0 bridgehead atoms. The Labute approximate surface area is 236 Å². The number of hydrogen-bond donors (Lipinski definition) is 1. The van der Waals surface area contributed by atoms with Crippen LogP contribution in [0.2, 0.25) is 5.15 Å². The van der Waals surface area contributed by atoms with Gasteiger partial charge < -0.3 is 19.5 Å². The van der Waals surface area contributed by atoms with E-state index >= 15 is 0 Å². The first-order valence-corrected chi connectivity index (χ1v) is 13.6. The van der Waals surface area contributed by atoms with Gasteiger partial charge in [-0.05, 0) is 37.0 Å². The molecule has 0 saturated carbocycles. The maximum Gasteiger partial charge on any atom is 0.184 e. The van der Waals surface area contributed by atoms with Gasteiger partial charge in [-0.2, -0.15) is 5.10 Å². The van der Waals surface area contributed by atoms with Crippen LogP contribution < -0.4 is 10.1 Å². The van der Waals surface area contributed by atoms with Gasteiger partial charge in [0.25, 0.3) is 0 Å². The summed E-state index contributed by atoms with van der Waals surface area (Å²) in [5.74, 6) is 1.91. The molecule has 1 atom stereocenters. The summed E-state index contributed by atoms with van der Waals surface area (Å²) in [5.41, 5.74) is 4.58. The van der Waals surface area contributed by atoms with Crippen LogP contribution in [-0.2, 0) is 29.7 Å². The van der Waals surface area contributed by atoms with E-state index in [9.17, 15) is 0 Å². The predicted octanol–water partition coefficient (Wildman–Crippen LogP) is 6.05. The standard InChI is InChI=1S/C29H30ClN7O3/c1-36-18-31-28(35-36)20-11-8-12-21(27(20)38-2)32-22-15-23(30)33-29-26(22)34-24(37(29)25-13-6-7-14-40-25)17-39-16-19-9-4-3-5-10-19/h3-5,8-12,15,18,25H,6-7,13-14,16-17H2,1-2H3,(H,32,33). The van der Waals surface area contributed by atoms with Gasteiger partial charge in [-0.1, -0.05) is 48.0 Å². The lowest BCUT2D eigenvalue weighted by atomic mass is 10.1. The molecule has 0 spiro atoms. The average Bonchev–Trinajstić information content (AvgIpc) is 3.57. The summed E-state index contributed by atoms with van der Waals surface area (Å²) in [5, 5.41) is 8.26. The molecule has 1 saturated heterocycles. The number of hydrogen-bond acceptors (Lipinski definition) is 8. The Hall–Kier alpha value is -3.99. The summed E-state index contributed by atoms with van der Waals surface area (Å²) in [7, 11) is 3.45. The normalized spacial score (nSPS) is 15.4. The Bertz CT molecular complexity index is 1610. The number of fused-ring (bicyclic) bond motifs is 1. The molecule has 3 aromatic heterocycles. The number of ether oxygens (including phenoxy) is 3. The van der Waals surface area contributed by atoms with Crippen LogP contribution in [-0.4, -0.2) is 43.0 Å². The summed E-state index contributed by atoms with van der Waals surface area (Å²) in [6, 6.07) is 17.6. The molecule has 11 heteroatoms. The second kappa shape index (κ2) is 11.6. The Morgan fingerprint density at radius 3 is 2.67 bits per heavy atom. The van der Waals surface area contributed by atoms with Crippen molar-refractivity contribution in [2.24, 2.45) is 7.05 Å². The molecule has 2 aromatic carbocycles. The summed E-state index contributed by atoms with van der Waals surface area (Å²) in [4.78, 5) is 14.1. The number of halogens is 1. The van der Waals surface area contributed by atoms with Crippen molar-refractivity contribution in [3.05, 3.63) is 77.5 Å². The Morgan fingerprint density at radius 2 is 1.93 bits per heavy atom. The van der Waals surface area contributed by atoms with Crippen molar-refractivity contribution in [3.8, 4) is 17.1 Å². The van der Waals surface area contributed by atoms with Gasteiger partial charge in [0.2, 0.25) is 0 Å². The molecule has 1 N–H and O–H groups in total. The first-order valence-electron chi connectivity index (χ1n) is 13.2. The fourth-order valence-corrected chi connectivity index (χ4v) is 5.17. The number of aromatic nitrogens is 6. The minimum atomic E-state index is -0.194. The van der Waals surface area contributed by atoms with E-state index in [1.165, 1.54) is 0 Å². The van der Waals surface area contributed by atoms with E-state index in [4.69, 9.17) is 30.8 Å². The molecule has 6 rings (SSSR count). The van der Waals surface area contributed by atoms with Crippen LogP contribution in [0.1, 0.15) is 36.9 Å². The van der Waals surface area contributed by atoms with Gasteiger partial charge >= 0.3 is 0 Å². The Balaban J connectivity index is 1.39. The monoisotopic (exact) mass is 559 g/mol. The number of imidazole rings is 1. The van der Waals surface area contributed by atoms with Crippen LogP contribution in [0.3, 0.4) is 0 Å². The summed E-state index contributed by atoms with van der Waals surface area (Å²) < 4.78 is 21.8. The van der Waals surface area contributed by atoms with Crippen molar-refractivity contribution < 1.29 is 14.2 Å². The highest BCUT2D eigenvalue weighted by Crippen LogP contribution is 2.39. The van der Waals surface area contributed by atoms with Crippen LogP contribution >= 0.6 is 11.6 Å². The zero-order chi connectivity index (χ0) is 27.5. The van der Waals surface area contributed by atoms with Gasteiger partial charge in [-0.3, -0.25) is 9.25 Å². The number of anilines is 2. The second-order valence-electron chi connectivity index (χ2n) is 9.62. The highest BCUT2D eigenvalue weighted by molar-refractivity contribution is 6.30. The molecule has 0 aliphatic carbocycles. The van der Waals surface area contributed by atoms with Gasteiger partial charge in [0.1, 0.15) is 35.7 Å². The third-order valence-electron chi connectivity index (χ3n) is 6.81. The number of pyridine rings is 1. The quantitative estimate of drug-likeness (QED) is 0.218. The second-order valence-corrected chi connectivity index (χ2v) is 10.0. The smallest absolute Gasteiger partial charge is 0.184 e. The minimum absolute atomic E-state index is 0.194. The third-order valence-corrected chi connectivity index (χ3v) is 7.00. The predicted molar refractivity (Wildman–Crippen MR) is 153 cm³/mol. The lowest BCUT2D eigenvalue weighted by Crippen LogP contribution is -2.20. The SMILES string of the molecule is COc1c(Nc2cc(Cl)nc3c2nc(COCc2ccccc2)n3C2CCCCO2)cccc1-c1ncn(C)n1. The molecule has 1 fully saturated rings. The number of nitrogens with one attached hydrogen (secondary N) is 1. The fraction of sp³-hybridized carbons (Fsp3) is 0.310. The van der Waals surface area contributed by atoms with Gasteiger partial charge in [-0.15, -0.1) is 0 Å². The molecule has 40 heavy (non-hydrogen) atoms. The van der Waals surface area contributed by atoms with Crippen molar-refractivity contribution in [1.29, 1.82) is 0 Å². The van der Waals surface area contributed by atoms with Crippen molar-refractivity contribution in [1.82, 2.24) is 29.3 Å². The van der Waals surface area contributed by atoms with Gasteiger partial charge in [0.15, 0.2) is 17.2 Å². The first-order chi connectivity index (χ1) is 19.6. The van der Waals surface area contributed by atoms with Crippen molar-refractivity contribution >= 4 is 34.1 Å². The topological polar surface area (TPSA) is 101 Å². The molecule has 4 heterocycles. The molecule has 10 nitrogen and oxygen atoms in total. The Kier molecular flexibility index (Phi) is 7.63. The van der Waals surface area contributed by atoms with E-state index in [-0.39, 0.29) is 6.23 Å². The molecule has 0 amide bonds. The third kappa shape index (κ3) is 5.38. The highest BCUT2D eigenvalue weighted by atomic mass is 35.5. The first kappa shape index (κ1) is 26.2. The van der Waals surface area contributed by atoms with E-state index in [0.29, 0.717) is 53.4 Å². The number of aryl methyl sites for hydroxylation is 1. The number of para-hydroxylation sites is 1. The van der Waals surface area contributed by atoms with Crippen molar-refractivity contribution in [2.75, 3.05) is 19.0 Å². The maximum atomic E-state index is 6.58. The summed E-state index contributed by atoms with van der Waals surface area (Å²) in [6.45, 7) is 1.46. The van der Waals surface area contributed by atoms with E-state index < -0.39 is 0 Å². The van der Waals surface area contributed by atoms with Gasteiger partial charge in [-0.25, -0.2) is 15.0 Å². The number of benzene rings is 2. The van der Waals surface area contributed by atoms with Crippen molar-refractivity contribution in [3.63, 3.8) is 0 Å². The van der Waals surface area contributed by atoms with Crippen LogP contribution in [0, 0.1) is 0 Å². The molecule has 1 aliphatic heterocycles. The Morgan fingerprint density at radius 1 is 1.05 bits per heavy atom. The molecular formula is C29H30ClN7O3. The van der Waals surface area contributed by atoms with Crippen molar-refractivity contribution in [2.45, 2.75) is 38.7 Å². The summed E-state index contributed by atoms with van der Waals surface area (Å²) in [6.07, 6.45) is 4.42. The van der Waals surface area contributed by atoms with Crippen LogP contribution in [0.4, 0.5) is 11.4 Å². The zero-order valence-corrected chi connectivity index (χ0v) is 23.1. The molecule has 206 valence electrons. The molecule has 1 aliphatic rings. The summed E-state index contributed by atoms with van der Waals surface area (Å²) >= 11 is 6.58. The van der Waals surface area contributed by atoms with Gasteiger partial charge in [0.05, 0.1) is 30.7 Å². The minimum Gasteiger partial charge on any atom is -0.494 e. The zero-order valence-electron chi connectivity index (χ0n) is 22.4. The van der Waals surface area contributed by atoms with E-state index in [0.717, 1.165) is 41.9 Å². The van der Waals surface area contributed by atoms with Gasteiger partial charge in [0, 0.05) is 19.7 Å². The molecule has 5 aromatic rings. The molecular weight excluding hydrogens is 530 g/mol. The van der Waals surface area contributed by atoms with Crippen LogP contribution in [0.5, 0.6) is 5.75 Å². The van der Waals surface area contributed by atoms with E-state index in [2.05, 4.69) is 20.4 Å². The van der Waals surface area contributed by atoms with E-state index in [1.807, 2.05) is 60.1 Å². The number of methoxy groups -OCH3 is 1. The fourth-order valence-electron chi connectivity index (χ4n) is 4.98. The average molecular weight is 560 g/mol. The number of rotatable bonds is 9. The highest BCUT2D eigenvalue weighted by Gasteiger charge is 2.25. The van der Waals surface area contributed by atoms with Crippen LogP contribution in [0.15, 0.2) is 60.9 Å².